The van der Waals surface area contributed by atoms with Crippen molar-refractivity contribution in [2.24, 2.45) is 0 Å². The second kappa shape index (κ2) is 5.29. The Morgan fingerprint density at radius 1 is 1.45 bits per heavy atom. The van der Waals surface area contributed by atoms with Gasteiger partial charge in [0, 0.05) is 19.2 Å². The highest BCUT2D eigenvalue weighted by atomic mass is 35.5. The number of furan rings is 1. The number of hydrogen-bond acceptors (Lipinski definition) is 3. The lowest BCUT2D eigenvalue weighted by atomic mass is 10.3. The normalized spacial score (nSPS) is 12.9. The molecule has 0 saturated heterocycles. The molecule has 0 saturated carbocycles. The van der Waals surface area contributed by atoms with Gasteiger partial charge in [0.25, 0.3) is 0 Å². The van der Waals surface area contributed by atoms with E-state index < -0.39 is 0 Å². The van der Waals surface area contributed by atoms with Crippen LogP contribution in [0.4, 0.5) is 0 Å². The summed E-state index contributed by atoms with van der Waals surface area (Å²) in [6.07, 6.45) is 4.34. The zero-order chi connectivity index (χ0) is 14.1. The monoisotopic (exact) mass is 289 g/mol. The average Bonchev–Trinajstić information content (AvgIpc) is 3.02. The minimum Gasteiger partial charge on any atom is -0.469 e. The molecule has 0 aliphatic carbocycles. The van der Waals surface area contributed by atoms with Gasteiger partial charge in [-0.25, -0.2) is 9.97 Å². The van der Waals surface area contributed by atoms with Crippen LogP contribution in [0.3, 0.4) is 0 Å². The van der Waals surface area contributed by atoms with Gasteiger partial charge in [0.2, 0.25) is 0 Å². The Balaban J connectivity index is 2.00. The van der Waals surface area contributed by atoms with E-state index in [1.807, 2.05) is 38.2 Å². The minimum atomic E-state index is -0.152. The number of aryl methyl sites for hydroxylation is 3. The van der Waals surface area contributed by atoms with Gasteiger partial charge in [-0.05, 0) is 37.6 Å². The Morgan fingerprint density at radius 2 is 2.30 bits per heavy atom. The number of alkyl halides is 1. The van der Waals surface area contributed by atoms with Crippen molar-refractivity contribution < 1.29 is 4.42 Å². The number of imidazole rings is 1. The fourth-order valence-corrected chi connectivity index (χ4v) is 2.50. The number of pyridine rings is 1. The Morgan fingerprint density at radius 3 is 3.00 bits per heavy atom. The molecule has 0 bridgehead atoms. The maximum atomic E-state index is 6.25. The molecule has 0 aliphatic rings. The summed E-state index contributed by atoms with van der Waals surface area (Å²) in [5.41, 5.74) is 2.87. The van der Waals surface area contributed by atoms with E-state index in [2.05, 4.69) is 14.5 Å². The molecule has 4 nitrogen and oxygen atoms in total. The first-order chi connectivity index (χ1) is 9.65. The van der Waals surface area contributed by atoms with Crippen molar-refractivity contribution >= 4 is 22.8 Å². The van der Waals surface area contributed by atoms with Crippen molar-refractivity contribution in [1.82, 2.24) is 14.5 Å². The molecule has 0 fully saturated rings. The number of hydrogen-bond donors (Lipinski definition) is 0. The van der Waals surface area contributed by atoms with E-state index in [-0.39, 0.29) is 5.38 Å². The van der Waals surface area contributed by atoms with Crippen molar-refractivity contribution in [3.63, 3.8) is 0 Å². The van der Waals surface area contributed by atoms with E-state index in [9.17, 15) is 0 Å². The number of rotatable bonds is 4. The number of aromatic nitrogens is 3. The van der Waals surface area contributed by atoms with E-state index in [4.69, 9.17) is 16.0 Å². The maximum Gasteiger partial charge on any atom is 0.160 e. The summed E-state index contributed by atoms with van der Waals surface area (Å²) in [7, 11) is 0. The van der Waals surface area contributed by atoms with E-state index in [0.29, 0.717) is 0 Å². The van der Waals surface area contributed by atoms with Gasteiger partial charge < -0.3 is 8.98 Å². The SMILES string of the molecule is Cc1cnc2c(c1)nc(C(C)Cl)n2CCc1ccco1. The highest BCUT2D eigenvalue weighted by Crippen LogP contribution is 2.24. The summed E-state index contributed by atoms with van der Waals surface area (Å²) in [5, 5.41) is -0.152. The first-order valence-corrected chi connectivity index (χ1v) is 7.08. The lowest BCUT2D eigenvalue weighted by molar-refractivity contribution is 0.489. The van der Waals surface area contributed by atoms with Gasteiger partial charge >= 0.3 is 0 Å². The molecule has 3 aromatic rings. The Kier molecular flexibility index (Phi) is 3.49. The molecule has 0 amide bonds. The second-order valence-electron chi connectivity index (χ2n) is 4.92. The first-order valence-electron chi connectivity index (χ1n) is 6.64. The second-order valence-corrected chi connectivity index (χ2v) is 5.58. The summed E-state index contributed by atoms with van der Waals surface area (Å²) in [6, 6.07) is 5.91. The Hall–Kier alpha value is -1.81. The molecule has 1 atom stereocenters. The molecule has 3 heterocycles. The van der Waals surface area contributed by atoms with Crippen molar-refractivity contribution in [3.8, 4) is 0 Å². The third kappa shape index (κ3) is 2.43. The molecule has 0 aromatic carbocycles. The van der Waals surface area contributed by atoms with Crippen LogP contribution in [0.15, 0.2) is 35.1 Å². The third-order valence-corrected chi connectivity index (χ3v) is 3.46. The zero-order valence-corrected chi connectivity index (χ0v) is 12.3. The molecule has 3 rings (SSSR count). The van der Waals surface area contributed by atoms with Gasteiger partial charge in [0.05, 0.1) is 11.6 Å². The van der Waals surface area contributed by atoms with Crippen molar-refractivity contribution in [3.05, 3.63) is 47.8 Å². The lowest BCUT2D eigenvalue weighted by Crippen LogP contribution is -2.07. The molecule has 0 spiro atoms. The summed E-state index contributed by atoms with van der Waals surface area (Å²) >= 11 is 6.25. The van der Waals surface area contributed by atoms with Gasteiger partial charge in [-0.3, -0.25) is 0 Å². The van der Waals surface area contributed by atoms with Crippen molar-refractivity contribution in [2.45, 2.75) is 32.2 Å². The smallest absolute Gasteiger partial charge is 0.160 e. The molecule has 104 valence electrons. The maximum absolute atomic E-state index is 6.25. The van der Waals surface area contributed by atoms with Gasteiger partial charge in [0.15, 0.2) is 5.65 Å². The third-order valence-electron chi connectivity index (χ3n) is 3.27. The van der Waals surface area contributed by atoms with Crippen LogP contribution in [0.5, 0.6) is 0 Å². The van der Waals surface area contributed by atoms with Gasteiger partial charge in [-0.15, -0.1) is 11.6 Å². The van der Waals surface area contributed by atoms with Gasteiger partial charge in [-0.1, -0.05) is 0 Å². The van der Waals surface area contributed by atoms with Gasteiger partial charge in [-0.2, -0.15) is 0 Å². The van der Waals surface area contributed by atoms with Crippen LogP contribution in [0.25, 0.3) is 11.2 Å². The fourth-order valence-electron chi connectivity index (χ4n) is 2.33. The summed E-state index contributed by atoms with van der Waals surface area (Å²) in [4.78, 5) is 9.11. The molecular formula is C15H16ClN3O. The van der Waals surface area contributed by atoms with Gasteiger partial charge in [0.1, 0.15) is 17.1 Å². The van der Waals surface area contributed by atoms with Crippen LogP contribution in [0.2, 0.25) is 0 Å². The molecule has 5 heteroatoms. The number of fused-ring (bicyclic) bond motifs is 1. The quantitative estimate of drug-likeness (QED) is 0.685. The molecule has 0 radical (unpaired) electrons. The zero-order valence-electron chi connectivity index (χ0n) is 11.5. The highest BCUT2D eigenvalue weighted by Gasteiger charge is 2.16. The Bertz CT molecular complexity index is 716. The molecule has 1 unspecified atom stereocenters. The van der Waals surface area contributed by atoms with Crippen LogP contribution in [0, 0.1) is 6.92 Å². The van der Waals surface area contributed by atoms with Crippen LogP contribution in [-0.2, 0) is 13.0 Å². The molecular weight excluding hydrogens is 274 g/mol. The van der Waals surface area contributed by atoms with Crippen LogP contribution in [-0.4, -0.2) is 14.5 Å². The van der Waals surface area contributed by atoms with Crippen molar-refractivity contribution in [1.29, 1.82) is 0 Å². The number of halogens is 1. The lowest BCUT2D eigenvalue weighted by Gasteiger charge is -2.08. The van der Waals surface area contributed by atoms with E-state index >= 15 is 0 Å². The van der Waals surface area contributed by atoms with Crippen LogP contribution < -0.4 is 0 Å². The molecule has 3 aromatic heterocycles. The fraction of sp³-hybridized carbons (Fsp3) is 0.333. The van der Waals surface area contributed by atoms with Crippen LogP contribution >= 0.6 is 11.6 Å². The van der Waals surface area contributed by atoms with Crippen LogP contribution in [0.1, 0.15) is 29.4 Å². The molecule has 0 N–H and O–H groups in total. The first kappa shape index (κ1) is 13.2. The Labute approximate surface area is 122 Å². The number of nitrogens with zero attached hydrogens (tertiary/aromatic N) is 3. The summed E-state index contributed by atoms with van der Waals surface area (Å²) in [6.45, 7) is 4.70. The average molecular weight is 290 g/mol. The molecule has 20 heavy (non-hydrogen) atoms. The molecule has 0 aliphatic heterocycles. The topological polar surface area (TPSA) is 43.9 Å². The van der Waals surface area contributed by atoms with E-state index in [1.54, 1.807) is 6.26 Å². The highest BCUT2D eigenvalue weighted by molar-refractivity contribution is 6.20. The van der Waals surface area contributed by atoms with E-state index in [1.165, 1.54) is 0 Å². The van der Waals surface area contributed by atoms with Crippen molar-refractivity contribution in [2.75, 3.05) is 0 Å². The predicted octanol–water partition coefficient (Wildman–Crippen LogP) is 3.88. The minimum absolute atomic E-state index is 0.152. The largest absolute Gasteiger partial charge is 0.469 e. The summed E-state index contributed by atoms with van der Waals surface area (Å²) < 4.78 is 7.45. The predicted molar refractivity (Wildman–Crippen MR) is 78.9 cm³/mol. The standard InChI is InChI=1S/C15H16ClN3O/c1-10-8-13-15(17-9-10)19(14(18-13)11(2)16)6-5-12-4-3-7-20-12/h3-4,7-9,11H,5-6H2,1-2H3. The summed E-state index contributed by atoms with van der Waals surface area (Å²) in [5.74, 6) is 1.80. The van der Waals surface area contributed by atoms with E-state index in [0.717, 1.165) is 41.3 Å².